The summed E-state index contributed by atoms with van der Waals surface area (Å²) >= 11 is 5.80. The van der Waals surface area contributed by atoms with Crippen molar-refractivity contribution in [1.29, 1.82) is 0 Å². The van der Waals surface area contributed by atoms with Gasteiger partial charge in [0.25, 0.3) is 5.91 Å². The molecule has 1 heterocycles. The maximum atomic E-state index is 13.7. The maximum absolute atomic E-state index is 13.7. The molecular weight excluding hydrogens is 321 g/mol. The Morgan fingerprint density at radius 1 is 1.26 bits per heavy atom. The summed E-state index contributed by atoms with van der Waals surface area (Å²) in [5.41, 5.74) is 1.10. The molecule has 0 fully saturated rings. The Bertz CT molecular complexity index is 880. The van der Waals surface area contributed by atoms with Crippen LogP contribution in [-0.2, 0) is 7.05 Å². The third-order valence-electron chi connectivity index (χ3n) is 3.17. The lowest BCUT2D eigenvalue weighted by Gasteiger charge is -2.08. The molecule has 0 unspecified atom stereocenters. The Hall–Kier alpha value is -2.80. The number of carbonyl (C=O) groups excluding carboxylic acids is 1. The molecule has 8 heteroatoms. The summed E-state index contributed by atoms with van der Waals surface area (Å²) in [4.78, 5) is 12.2. The van der Waals surface area contributed by atoms with Gasteiger partial charge >= 0.3 is 0 Å². The standard InChI is InChI=1S/C15H11ClFN5O/c1-22-14(19-20-21-22)9-3-2-4-11(7-9)18-15(23)12-8-10(16)5-6-13(12)17/h2-8H,1H3,(H,18,23). The van der Waals surface area contributed by atoms with E-state index in [0.717, 1.165) is 11.6 Å². The van der Waals surface area contributed by atoms with Crippen molar-refractivity contribution in [2.24, 2.45) is 7.05 Å². The van der Waals surface area contributed by atoms with Crippen LogP contribution < -0.4 is 5.32 Å². The van der Waals surface area contributed by atoms with E-state index in [9.17, 15) is 9.18 Å². The van der Waals surface area contributed by atoms with E-state index in [1.54, 1.807) is 31.3 Å². The highest BCUT2D eigenvalue weighted by Crippen LogP contribution is 2.21. The summed E-state index contributed by atoms with van der Waals surface area (Å²) in [5, 5.41) is 14.1. The number of anilines is 1. The molecule has 3 aromatic rings. The zero-order chi connectivity index (χ0) is 16.4. The Morgan fingerprint density at radius 2 is 2.09 bits per heavy atom. The fraction of sp³-hybridized carbons (Fsp3) is 0.0667. The lowest BCUT2D eigenvalue weighted by molar-refractivity contribution is 0.102. The van der Waals surface area contributed by atoms with Crippen LogP contribution in [0.1, 0.15) is 10.4 Å². The molecule has 2 aromatic carbocycles. The normalized spacial score (nSPS) is 10.6. The van der Waals surface area contributed by atoms with Crippen molar-refractivity contribution in [1.82, 2.24) is 20.2 Å². The van der Waals surface area contributed by atoms with Crippen LogP contribution in [-0.4, -0.2) is 26.1 Å². The van der Waals surface area contributed by atoms with Gasteiger partial charge in [-0.15, -0.1) is 5.10 Å². The molecule has 0 saturated carbocycles. The number of rotatable bonds is 3. The quantitative estimate of drug-likeness (QED) is 0.801. The van der Waals surface area contributed by atoms with Crippen LogP contribution in [0.4, 0.5) is 10.1 Å². The lowest BCUT2D eigenvalue weighted by Crippen LogP contribution is -2.13. The topological polar surface area (TPSA) is 72.7 Å². The number of benzene rings is 2. The van der Waals surface area contributed by atoms with Gasteiger partial charge in [-0.2, -0.15) is 0 Å². The third-order valence-corrected chi connectivity index (χ3v) is 3.41. The van der Waals surface area contributed by atoms with E-state index >= 15 is 0 Å². The monoisotopic (exact) mass is 331 g/mol. The summed E-state index contributed by atoms with van der Waals surface area (Å²) in [6, 6.07) is 10.8. The van der Waals surface area contributed by atoms with E-state index in [0.29, 0.717) is 11.5 Å². The summed E-state index contributed by atoms with van der Waals surface area (Å²) in [6.07, 6.45) is 0. The first-order valence-electron chi connectivity index (χ1n) is 6.64. The second-order valence-electron chi connectivity index (χ2n) is 4.79. The van der Waals surface area contributed by atoms with Gasteiger partial charge in [0, 0.05) is 23.3 Å². The van der Waals surface area contributed by atoms with Gasteiger partial charge in [-0.05, 0) is 40.8 Å². The van der Waals surface area contributed by atoms with Gasteiger partial charge < -0.3 is 5.32 Å². The summed E-state index contributed by atoms with van der Waals surface area (Å²) in [5.74, 6) is -0.672. The van der Waals surface area contributed by atoms with Crippen LogP contribution in [0.25, 0.3) is 11.4 Å². The van der Waals surface area contributed by atoms with E-state index < -0.39 is 11.7 Å². The molecule has 0 radical (unpaired) electrons. The SMILES string of the molecule is Cn1nnnc1-c1cccc(NC(=O)c2cc(Cl)ccc2F)c1. The molecule has 0 saturated heterocycles. The number of amides is 1. The molecule has 0 spiro atoms. The Balaban J connectivity index is 1.87. The predicted molar refractivity (Wildman–Crippen MR) is 83.6 cm³/mol. The highest BCUT2D eigenvalue weighted by Gasteiger charge is 2.13. The molecule has 1 N–H and O–H groups in total. The van der Waals surface area contributed by atoms with E-state index in [-0.39, 0.29) is 10.6 Å². The van der Waals surface area contributed by atoms with Crippen LogP contribution in [0.5, 0.6) is 0 Å². The fourth-order valence-electron chi connectivity index (χ4n) is 2.08. The third kappa shape index (κ3) is 3.19. The molecule has 0 aliphatic heterocycles. The largest absolute Gasteiger partial charge is 0.322 e. The van der Waals surface area contributed by atoms with Gasteiger partial charge in [-0.25, -0.2) is 9.07 Å². The van der Waals surface area contributed by atoms with E-state index in [2.05, 4.69) is 20.8 Å². The van der Waals surface area contributed by atoms with Crippen molar-refractivity contribution >= 4 is 23.2 Å². The molecule has 0 aliphatic rings. The zero-order valence-electron chi connectivity index (χ0n) is 12.0. The smallest absolute Gasteiger partial charge is 0.258 e. The van der Waals surface area contributed by atoms with Gasteiger partial charge in [-0.3, -0.25) is 4.79 Å². The van der Waals surface area contributed by atoms with Gasteiger partial charge in [-0.1, -0.05) is 23.7 Å². The van der Waals surface area contributed by atoms with E-state index in [1.807, 2.05) is 0 Å². The van der Waals surface area contributed by atoms with Gasteiger partial charge in [0.1, 0.15) is 5.82 Å². The van der Waals surface area contributed by atoms with Crippen molar-refractivity contribution in [3.05, 3.63) is 58.9 Å². The van der Waals surface area contributed by atoms with E-state index in [1.165, 1.54) is 16.8 Å². The molecular formula is C15H11ClFN5O. The number of carbonyl (C=O) groups is 1. The number of hydrogen-bond donors (Lipinski definition) is 1. The average Bonchev–Trinajstić information content (AvgIpc) is 2.96. The number of tetrazole rings is 1. The number of aryl methyl sites for hydroxylation is 1. The minimum absolute atomic E-state index is 0.122. The molecule has 0 bridgehead atoms. The molecule has 0 atom stereocenters. The van der Waals surface area contributed by atoms with Crippen molar-refractivity contribution in [2.45, 2.75) is 0 Å². The van der Waals surface area contributed by atoms with Gasteiger partial charge in [0.05, 0.1) is 5.56 Å². The second-order valence-corrected chi connectivity index (χ2v) is 5.22. The first kappa shape index (κ1) is 15.1. The predicted octanol–water partition coefficient (Wildman–Crippen LogP) is 2.92. The highest BCUT2D eigenvalue weighted by molar-refractivity contribution is 6.31. The van der Waals surface area contributed by atoms with Crippen molar-refractivity contribution in [3.63, 3.8) is 0 Å². The molecule has 6 nitrogen and oxygen atoms in total. The fourth-order valence-corrected chi connectivity index (χ4v) is 2.25. The number of aromatic nitrogens is 4. The van der Waals surface area contributed by atoms with Crippen LogP contribution in [0.2, 0.25) is 5.02 Å². The van der Waals surface area contributed by atoms with Crippen molar-refractivity contribution in [2.75, 3.05) is 5.32 Å². The molecule has 23 heavy (non-hydrogen) atoms. The molecule has 116 valence electrons. The summed E-state index contributed by atoms with van der Waals surface area (Å²) < 4.78 is 15.2. The summed E-state index contributed by atoms with van der Waals surface area (Å²) in [7, 11) is 1.71. The van der Waals surface area contributed by atoms with Crippen LogP contribution in [0.15, 0.2) is 42.5 Å². The average molecular weight is 332 g/mol. The molecule has 3 rings (SSSR count). The first-order chi connectivity index (χ1) is 11.0. The molecule has 1 amide bonds. The first-order valence-corrected chi connectivity index (χ1v) is 7.01. The zero-order valence-corrected chi connectivity index (χ0v) is 12.8. The molecule has 0 aliphatic carbocycles. The highest BCUT2D eigenvalue weighted by atomic mass is 35.5. The van der Waals surface area contributed by atoms with Crippen LogP contribution in [0.3, 0.4) is 0 Å². The van der Waals surface area contributed by atoms with E-state index in [4.69, 9.17) is 11.6 Å². The molecule has 1 aromatic heterocycles. The Morgan fingerprint density at radius 3 is 2.83 bits per heavy atom. The number of halogens is 2. The van der Waals surface area contributed by atoms with Crippen molar-refractivity contribution in [3.8, 4) is 11.4 Å². The van der Waals surface area contributed by atoms with Crippen molar-refractivity contribution < 1.29 is 9.18 Å². The minimum atomic E-state index is -0.638. The maximum Gasteiger partial charge on any atom is 0.258 e. The van der Waals surface area contributed by atoms with Gasteiger partial charge in [0.15, 0.2) is 5.82 Å². The van der Waals surface area contributed by atoms with Gasteiger partial charge in [0.2, 0.25) is 0 Å². The van der Waals surface area contributed by atoms with Crippen LogP contribution >= 0.6 is 11.6 Å². The number of nitrogens with zero attached hydrogens (tertiary/aromatic N) is 4. The number of hydrogen-bond acceptors (Lipinski definition) is 4. The van der Waals surface area contributed by atoms with Crippen LogP contribution in [0, 0.1) is 5.82 Å². The summed E-state index contributed by atoms with van der Waals surface area (Å²) in [6.45, 7) is 0. The Kier molecular flexibility index (Phi) is 4.03. The minimum Gasteiger partial charge on any atom is -0.322 e. The Labute approximate surface area is 135 Å². The lowest BCUT2D eigenvalue weighted by atomic mass is 10.1. The second kappa shape index (κ2) is 6.13. The number of nitrogens with one attached hydrogen (secondary N) is 1.